The average Bonchev–Trinajstić information content (AvgIpc) is 2.89. The van der Waals surface area contributed by atoms with E-state index in [9.17, 15) is 4.79 Å². The van der Waals surface area contributed by atoms with Crippen LogP contribution in [0.5, 0.6) is 0 Å². The lowest BCUT2D eigenvalue weighted by molar-refractivity contribution is 0.0382. The van der Waals surface area contributed by atoms with Gasteiger partial charge in [0.2, 0.25) is 0 Å². The Balaban J connectivity index is 1.40. The highest BCUT2D eigenvalue weighted by molar-refractivity contribution is 5.89. The molecule has 108 valence electrons. The fourth-order valence-electron chi connectivity index (χ4n) is 4.16. The molecule has 0 amide bonds. The molecule has 3 aliphatic carbocycles. The van der Waals surface area contributed by atoms with Crippen molar-refractivity contribution in [1.29, 1.82) is 0 Å². The van der Waals surface area contributed by atoms with E-state index in [-0.39, 0.29) is 5.97 Å². The molecule has 3 saturated carbocycles. The number of nitrogen functional groups attached to an aromatic ring is 1. The number of ether oxygens (including phenoxy) is 1. The molecular formula is C16H22N2O2. The van der Waals surface area contributed by atoms with E-state index in [1.807, 2.05) is 10.8 Å². The maximum absolute atomic E-state index is 12.3. The van der Waals surface area contributed by atoms with Gasteiger partial charge in [0.1, 0.15) is 5.69 Å². The molecule has 3 aliphatic rings. The number of anilines is 1. The summed E-state index contributed by atoms with van der Waals surface area (Å²) in [5.41, 5.74) is 7.11. The first kappa shape index (κ1) is 12.3. The summed E-state index contributed by atoms with van der Waals surface area (Å²) in [4.78, 5) is 12.3. The standard InChI is InChI=1S/C16H22N2O2/c17-13-7-15(18(8-13)14-3-4-14)16(19)20-9-12-6-10-1-2-11(12)5-10/h7-8,10-12,14H,1-6,9,17H2. The number of nitrogens with zero attached hydrogens (tertiary/aromatic N) is 1. The highest BCUT2D eigenvalue weighted by Crippen LogP contribution is 2.48. The van der Waals surface area contributed by atoms with Gasteiger partial charge in [-0.1, -0.05) is 6.42 Å². The van der Waals surface area contributed by atoms with Crippen molar-refractivity contribution in [2.75, 3.05) is 12.3 Å². The van der Waals surface area contributed by atoms with Crippen LogP contribution in [0.1, 0.15) is 55.1 Å². The number of carbonyl (C=O) groups excluding carboxylic acids is 1. The Labute approximate surface area is 119 Å². The fraction of sp³-hybridized carbons (Fsp3) is 0.688. The average molecular weight is 274 g/mol. The number of nitrogens with two attached hydrogens (primary N) is 1. The molecule has 2 bridgehead atoms. The number of carbonyl (C=O) groups is 1. The zero-order chi connectivity index (χ0) is 13.7. The van der Waals surface area contributed by atoms with Crippen LogP contribution >= 0.6 is 0 Å². The lowest BCUT2D eigenvalue weighted by atomic mass is 9.90. The molecule has 3 unspecified atom stereocenters. The Morgan fingerprint density at radius 3 is 2.80 bits per heavy atom. The molecule has 3 fully saturated rings. The second-order valence-corrected chi connectivity index (χ2v) is 6.83. The monoisotopic (exact) mass is 274 g/mol. The van der Waals surface area contributed by atoms with E-state index in [0.717, 1.165) is 24.7 Å². The molecule has 1 heterocycles. The van der Waals surface area contributed by atoms with Gasteiger partial charge in [-0.3, -0.25) is 0 Å². The number of hydrogen-bond donors (Lipinski definition) is 1. The molecular weight excluding hydrogens is 252 g/mol. The molecule has 20 heavy (non-hydrogen) atoms. The summed E-state index contributed by atoms with van der Waals surface area (Å²) in [5.74, 6) is 2.10. The van der Waals surface area contributed by atoms with Crippen LogP contribution in [0.25, 0.3) is 0 Å². The van der Waals surface area contributed by atoms with E-state index < -0.39 is 0 Å². The molecule has 0 radical (unpaired) electrons. The van der Waals surface area contributed by atoms with Gasteiger partial charge in [-0.15, -0.1) is 0 Å². The molecule has 3 atom stereocenters. The Bertz CT molecular complexity index is 533. The highest BCUT2D eigenvalue weighted by Gasteiger charge is 2.40. The van der Waals surface area contributed by atoms with Crippen molar-refractivity contribution in [1.82, 2.24) is 4.57 Å². The van der Waals surface area contributed by atoms with Crippen molar-refractivity contribution < 1.29 is 9.53 Å². The fourth-order valence-corrected chi connectivity index (χ4v) is 4.16. The van der Waals surface area contributed by atoms with Gasteiger partial charge in [0, 0.05) is 12.2 Å². The maximum atomic E-state index is 12.3. The predicted octanol–water partition coefficient (Wildman–Crippen LogP) is 3.00. The van der Waals surface area contributed by atoms with Gasteiger partial charge in [-0.05, 0) is 55.9 Å². The highest BCUT2D eigenvalue weighted by atomic mass is 16.5. The summed E-state index contributed by atoms with van der Waals surface area (Å²) < 4.78 is 7.58. The zero-order valence-corrected chi connectivity index (χ0v) is 11.8. The Hall–Kier alpha value is -1.45. The molecule has 0 aliphatic heterocycles. The summed E-state index contributed by atoms with van der Waals surface area (Å²) in [5, 5.41) is 0. The lowest BCUT2D eigenvalue weighted by Crippen LogP contribution is -2.20. The van der Waals surface area contributed by atoms with E-state index >= 15 is 0 Å². The molecule has 4 rings (SSSR count). The minimum atomic E-state index is -0.198. The third-order valence-corrected chi connectivity index (χ3v) is 5.33. The second-order valence-electron chi connectivity index (χ2n) is 6.83. The van der Waals surface area contributed by atoms with Crippen LogP contribution in [-0.4, -0.2) is 17.1 Å². The van der Waals surface area contributed by atoms with E-state index in [4.69, 9.17) is 10.5 Å². The molecule has 1 aromatic rings. The third kappa shape index (κ3) is 2.11. The van der Waals surface area contributed by atoms with Crippen molar-refractivity contribution in [3.63, 3.8) is 0 Å². The molecule has 2 N–H and O–H groups in total. The summed E-state index contributed by atoms with van der Waals surface area (Å²) >= 11 is 0. The van der Waals surface area contributed by atoms with Gasteiger partial charge in [-0.25, -0.2) is 4.79 Å². The molecule has 4 nitrogen and oxygen atoms in total. The molecule has 0 spiro atoms. The third-order valence-electron chi connectivity index (χ3n) is 5.33. The van der Waals surface area contributed by atoms with Crippen LogP contribution in [0.4, 0.5) is 5.69 Å². The van der Waals surface area contributed by atoms with E-state index in [1.165, 1.54) is 25.7 Å². The van der Waals surface area contributed by atoms with Crippen LogP contribution < -0.4 is 5.73 Å². The maximum Gasteiger partial charge on any atom is 0.355 e. The number of rotatable bonds is 4. The van der Waals surface area contributed by atoms with E-state index in [0.29, 0.717) is 29.9 Å². The molecule has 0 saturated heterocycles. The van der Waals surface area contributed by atoms with Crippen LogP contribution in [0.2, 0.25) is 0 Å². The van der Waals surface area contributed by atoms with Crippen LogP contribution in [0.15, 0.2) is 12.3 Å². The molecule has 1 aromatic heterocycles. The van der Waals surface area contributed by atoms with E-state index in [2.05, 4.69) is 0 Å². The normalized spacial score (nSPS) is 31.7. The number of aromatic nitrogens is 1. The summed E-state index contributed by atoms with van der Waals surface area (Å²) in [7, 11) is 0. The predicted molar refractivity (Wildman–Crippen MR) is 76.3 cm³/mol. The largest absolute Gasteiger partial charge is 0.461 e. The lowest BCUT2D eigenvalue weighted by Gasteiger charge is -2.21. The smallest absolute Gasteiger partial charge is 0.355 e. The SMILES string of the molecule is Nc1cc(C(=O)OCC2CC3CCC2C3)n(C2CC2)c1. The van der Waals surface area contributed by atoms with Gasteiger partial charge >= 0.3 is 5.97 Å². The van der Waals surface area contributed by atoms with Gasteiger partial charge in [0.25, 0.3) is 0 Å². The Morgan fingerprint density at radius 1 is 1.30 bits per heavy atom. The molecule has 0 aromatic carbocycles. The van der Waals surface area contributed by atoms with Gasteiger partial charge in [0.05, 0.1) is 12.3 Å². The first-order chi connectivity index (χ1) is 9.70. The van der Waals surface area contributed by atoms with Crippen molar-refractivity contribution in [3.8, 4) is 0 Å². The Morgan fingerprint density at radius 2 is 2.15 bits per heavy atom. The van der Waals surface area contributed by atoms with Gasteiger partial charge < -0.3 is 15.0 Å². The minimum absolute atomic E-state index is 0.198. The molecule has 4 heteroatoms. The first-order valence-corrected chi connectivity index (χ1v) is 7.85. The van der Waals surface area contributed by atoms with Gasteiger partial charge in [-0.2, -0.15) is 0 Å². The quantitative estimate of drug-likeness (QED) is 0.859. The van der Waals surface area contributed by atoms with Gasteiger partial charge in [0.15, 0.2) is 0 Å². The summed E-state index contributed by atoms with van der Waals surface area (Å²) in [6.45, 7) is 0.593. The number of fused-ring (bicyclic) bond motifs is 2. The number of hydrogen-bond acceptors (Lipinski definition) is 3. The Kier molecular flexibility index (Phi) is 2.79. The van der Waals surface area contributed by atoms with Crippen molar-refractivity contribution in [2.45, 2.75) is 44.6 Å². The number of esters is 1. The second kappa shape index (κ2) is 4.54. The van der Waals surface area contributed by atoms with Crippen molar-refractivity contribution in [3.05, 3.63) is 18.0 Å². The van der Waals surface area contributed by atoms with E-state index in [1.54, 1.807) is 6.07 Å². The van der Waals surface area contributed by atoms with Crippen LogP contribution in [0.3, 0.4) is 0 Å². The van der Waals surface area contributed by atoms with Crippen LogP contribution in [0, 0.1) is 17.8 Å². The topological polar surface area (TPSA) is 57.3 Å². The zero-order valence-electron chi connectivity index (χ0n) is 11.8. The van der Waals surface area contributed by atoms with Crippen LogP contribution in [-0.2, 0) is 4.74 Å². The summed E-state index contributed by atoms with van der Waals surface area (Å²) in [6, 6.07) is 2.21. The van der Waals surface area contributed by atoms with Crippen molar-refractivity contribution in [2.24, 2.45) is 17.8 Å². The summed E-state index contributed by atoms with van der Waals surface area (Å²) in [6.07, 6.45) is 9.47. The minimum Gasteiger partial charge on any atom is -0.461 e. The van der Waals surface area contributed by atoms with Crippen molar-refractivity contribution >= 4 is 11.7 Å². The first-order valence-electron chi connectivity index (χ1n) is 7.85.